The number of thioether (sulfide) groups is 1. The molecule has 0 radical (unpaired) electrons. The zero-order chi connectivity index (χ0) is 26.3. The highest BCUT2D eigenvalue weighted by atomic mass is 32.2. The number of rotatable bonds is 10. The van der Waals surface area contributed by atoms with Crippen LogP contribution >= 0.6 is 11.8 Å². The van der Waals surface area contributed by atoms with Crippen LogP contribution in [0.3, 0.4) is 0 Å². The van der Waals surface area contributed by atoms with E-state index in [4.69, 9.17) is 14.8 Å². The van der Waals surface area contributed by atoms with Crippen molar-refractivity contribution in [3.63, 3.8) is 0 Å². The summed E-state index contributed by atoms with van der Waals surface area (Å²) >= 11 is 1.63. The summed E-state index contributed by atoms with van der Waals surface area (Å²) in [6.07, 6.45) is 2.21. The molecule has 2 heterocycles. The molecule has 8 heteroatoms. The maximum Gasteiger partial charge on any atom is 0.255 e. The Morgan fingerprint density at radius 2 is 1.74 bits per heavy atom. The molecular formula is C30H31N5O2S. The predicted octanol–water partition coefficient (Wildman–Crippen LogP) is 6.68. The highest BCUT2D eigenvalue weighted by Crippen LogP contribution is 2.37. The van der Waals surface area contributed by atoms with Gasteiger partial charge in [-0.25, -0.2) is 4.68 Å². The lowest BCUT2D eigenvalue weighted by Gasteiger charge is -2.28. The Morgan fingerprint density at radius 1 is 1.03 bits per heavy atom. The van der Waals surface area contributed by atoms with Crippen molar-refractivity contribution in [2.45, 2.75) is 44.5 Å². The summed E-state index contributed by atoms with van der Waals surface area (Å²) < 4.78 is 7.82. The highest BCUT2D eigenvalue weighted by molar-refractivity contribution is 7.99. The molecule has 0 bridgehead atoms. The molecule has 0 saturated heterocycles. The van der Waals surface area contributed by atoms with E-state index in [9.17, 15) is 4.79 Å². The van der Waals surface area contributed by atoms with E-state index in [1.165, 1.54) is 0 Å². The van der Waals surface area contributed by atoms with E-state index in [1.807, 2.05) is 96.5 Å². The van der Waals surface area contributed by atoms with Crippen LogP contribution in [0, 0.1) is 0 Å². The second-order valence-corrected chi connectivity index (χ2v) is 10.2. The molecule has 1 atom stereocenters. The van der Waals surface area contributed by atoms with Crippen molar-refractivity contribution < 1.29 is 9.53 Å². The second kappa shape index (κ2) is 12.0. The number of fused-ring (bicyclic) bond motifs is 1. The number of hydrogen-bond donors (Lipinski definition) is 2. The normalized spacial score (nSPS) is 14.5. The number of ether oxygens (including phenoxy) is 1. The summed E-state index contributed by atoms with van der Waals surface area (Å²) in [6, 6.07) is 27.0. The SMILES string of the molecule is CCCCSc1nc2n(n1)C(c1ccc(OCc3ccccc3)cc1)C(C(=O)Nc1ccccc1)=C(C)N2. The van der Waals surface area contributed by atoms with Crippen molar-refractivity contribution in [2.24, 2.45) is 0 Å². The van der Waals surface area contributed by atoms with Crippen LogP contribution in [0.25, 0.3) is 0 Å². The molecule has 1 amide bonds. The lowest BCUT2D eigenvalue weighted by Crippen LogP contribution is -2.31. The van der Waals surface area contributed by atoms with Gasteiger partial charge in [0.1, 0.15) is 18.4 Å². The monoisotopic (exact) mass is 525 g/mol. The van der Waals surface area contributed by atoms with Gasteiger partial charge in [-0.15, -0.1) is 5.10 Å². The Balaban J connectivity index is 1.44. The Bertz CT molecular complexity index is 1400. The van der Waals surface area contributed by atoms with Gasteiger partial charge < -0.3 is 15.4 Å². The van der Waals surface area contributed by atoms with Crippen LogP contribution < -0.4 is 15.4 Å². The van der Waals surface area contributed by atoms with E-state index >= 15 is 0 Å². The number of carbonyl (C=O) groups is 1. The van der Waals surface area contributed by atoms with Crippen LogP contribution in [-0.4, -0.2) is 26.4 Å². The molecule has 1 aliphatic rings. The van der Waals surface area contributed by atoms with E-state index in [0.717, 1.165) is 46.9 Å². The molecule has 5 rings (SSSR count). The maximum atomic E-state index is 13.6. The fraction of sp³-hybridized carbons (Fsp3) is 0.233. The highest BCUT2D eigenvalue weighted by Gasteiger charge is 2.34. The molecule has 0 aliphatic carbocycles. The molecule has 0 saturated carbocycles. The minimum absolute atomic E-state index is 0.183. The molecule has 0 spiro atoms. The first-order valence-electron chi connectivity index (χ1n) is 12.8. The average Bonchev–Trinajstić information content (AvgIpc) is 3.35. The van der Waals surface area contributed by atoms with Gasteiger partial charge in [0.15, 0.2) is 0 Å². The summed E-state index contributed by atoms with van der Waals surface area (Å²) in [5.41, 5.74) is 4.11. The number of para-hydroxylation sites is 1. The van der Waals surface area contributed by atoms with E-state index in [-0.39, 0.29) is 5.91 Å². The largest absolute Gasteiger partial charge is 0.489 e. The number of benzene rings is 3. The van der Waals surface area contributed by atoms with Gasteiger partial charge in [-0.1, -0.05) is 85.8 Å². The smallest absolute Gasteiger partial charge is 0.255 e. The van der Waals surface area contributed by atoms with Crippen LogP contribution in [0.15, 0.2) is 101 Å². The Labute approximate surface area is 227 Å². The van der Waals surface area contributed by atoms with Gasteiger partial charge in [-0.2, -0.15) is 4.98 Å². The third-order valence-corrected chi connectivity index (χ3v) is 7.21. The minimum atomic E-state index is -0.439. The molecule has 1 unspecified atom stereocenters. The lowest BCUT2D eigenvalue weighted by atomic mass is 9.95. The third kappa shape index (κ3) is 5.92. The van der Waals surface area contributed by atoms with Crippen molar-refractivity contribution in [2.75, 3.05) is 16.4 Å². The van der Waals surface area contributed by atoms with Crippen molar-refractivity contribution in [1.29, 1.82) is 0 Å². The van der Waals surface area contributed by atoms with E-state index < -0.39 is 6.04 Å². The first-order valence-corrected chi connectivity index (χ1v) is 13.8. The standard InChI is InChI=1S/C30H31N5O2S/c1-3-4-19-38-30-33-29-31-21(2)26(28(36)32-24-13-9-6-10-14-24)27(35(29)34-30)23-15-17-25(18-16-23)37-20-22-11-7-5-8-12-22/h5-18,27H,3-4,19-20H2,1-2H3,(H,32,36)(H,31,33,34). The summed E-state index contributed by atoms with van der Waals surface area (Å²) in [7, 11) is 0. The zero-order valence-corrected chi connectivity index (χ0v) is 22.4. The van der Waals surface area contributed by atoms with Gasteiger partial charge in [-0.3, -0.25) is 4.79 Å². The summed E-state index contributed by atoms with van der Waals surface area (Å²) in [4.78, 5) is 18.3. The molecule has 4 aromatic rings. The summed E-state index contributed by atoms with van der Waals surface area (Å²) in [6.45, 7) is 4.57. The molecule has 0 fully saturated rings. The number of unbranched alkanes of at least 4 members (excludes halogenated alkanes) is 1. The fourth-order valence-corrected chi connectivity index (χ4v) is 5.22. The third-order valence-electron chi connectivity index (χ3n) is 6.28. The number of hydrogen-bond acceptors (Lipinski definition) is 6. The fourth-order valence-electron chi connectivity index (χ4n) is 4.31. The average molecular weight is 526 g/mol. The number of anilines is 2. The van der Waals surface area contributed by atoms with Crippen molar-refractivity contribution in [1.82, 2.24) is 14.8 Å². The number of nitrogens with zero attached hydrogens (tertiary/aromatic N) is 3. The zero-order valence-electron chi connectivity index (χ0n) is 21.6. The topological polar surface area (TPSA) is 81.1 Å². The molecule has 194 valence electrons. The van der Waals surface area contributed by atoms with Crippen LogP contribution in [0.2, 0.25) is 0 Å². The van der Waals surface area contributed by atoms with Crippen molar-refractivity contribution >= 4 is 29.3 Å². The lowest BCUT2D eigenvalue weighted by molar-refractivity contribution is -0.113. The van der Waals surface area contributed by atoms with Gasteiger partial charge in [0, 0.05) is 17.1 Å². The number of aromatic nitrogens is 3. The quantitative estimate of drug-likeness (QED) is 0.178. The summed E-state index contributed by atoms with van der Waals surface area (Å²) in [5.74, 6) is 2.16. The second-order valence-electron chi connectivity index (χ2n) is 9.09. The number of carbonyl (C=O) groups excluding carboxylic acids is 1. The molecule has 7 nitrogen and oxygen atoms in total. The molecule has 38 heavy (non-hydrogen) atoms. The van der Waals surface area contributed by atoms with E-state index in [2.05, 4.69) is 17.6 Å². The van der Waals surface area contributed by atoms with Crippen LogP contribution in [-0.2, 0) is 11.4 Å². The number of nitrogens with one attached hydrogen (secondary N) is 2. The Kier molecular flexibility index (Phi) is 8.09. The van der Waals surface area contributed by atoms with Gasteiger partial charge >= 0.3 is 0 Å². The first-order chi connectivity index (χ1) is 18.6. The summed E-state index contributed by atoms with van der Waals surface area (Å²) in [5, 5.41) is 11.9. The first kappa shape index (κ1) is 25.6. The number of allylic oxidation sites excluding steroid dienone is 1. The van der Waals surface area contributed by atoms with Crippen molar-refractivity contribution in [3.8, 4) is 5.75 Å². The van der Waals surface area contributed by atoms with Gasteiger partial charge in [-0.05, 0) is 48.7 Å². The van der Waals surface area contributed by atoms with E-state index in [0.29, 0.717) is 23.3 Å². The van der Waals surface area contributed by atoms with Gasteiger partial charge in [0.25, 0.3) is 5.91 Å². The van der Waals surface area contributed by atoms with Crippen molar-refractivity contribution in [3.05, 3.63) is 107 Å². The molecule has 1 aromatic heterocycles. The van der Waals surface area contributed by atoms with Crippen LogP contribution in [0.4, 0.5) is 11.6 Å². The minimum Gasteiger partial charge on any atom is -0.489 e. The molecule has 1 aliphatic heterocycles. The molecule has 2 N–H and O–H groups in total. The van der Waals surface area contributed by atoms with Crippen LogP contribution in [0.1, 0.15) is 43.9 Å². The van der Waals surface area contributed by atoms with Crippen LogP contribution in [0.5, 0.6) is 5.75 Å². The Morgan fingerprint density at radius 3 is 2.45 bits per heavy atom. The Hall–Kier alpha value is -4.04. The molecule has 3 aromatic carbocycles. The maximum absolute atomic E-state index is 13.6. The predicted molar refractivity (Wildman–Crippen MR) is 152 cm³/mol. The van der Waals surface area contributed by atoms with E-state index in [1.54, 1.807) is 11.8 Å². The molecular weight excluding hydrogens is 494 g/mol. The number of amides is 1. The van der Waals surface area contributed by atoms with Gasteiger partial charge in [0.05, 0.1) is 5.57 Å². The van der Waals surface area contributed by atoms with Gasteiger partial charge in [0.2, 0.25) is 11.1 Å².